The molecule has 2 aromatic heterocycles. The zero-order chi connectivity index (χ0) is 11.0. The fraction of sp³-hybridized carbons (Fsp3) is 0. The van der Waals surface area contributed by atoms with Crippen molar-refractivity contribution in [2.75, 3.05) is 0 Å². The maximum atomic E-state index is 10.8. The van der Waals surface area contributed by atoms with Gasteiger partial charge in [0.2, 0.25) is 0 Å². The zero-order valence-corrected chi connectivity index (χ0v) is 8.18. The summed E-state index contributed by atoms with van der Waals surface area (Å²) < 4.78 is 4.83. The molecule has 5 nitrogen and oxygen atoms in total. The Morgan fingerprint density at radius 2 is 2.00 bits per heavy atom. The maximum absolute atomic E-state index is 10.8. The van der Waals surface area contributed by atoms with Gasteiger partial charge in [0.1, 0.15) is 5.69 Å². The van der Waals surface area contributed by atoms with E-state index in [1.807, 2.05) is 30.3 Å². The third kappa shape index (κ3) is 1.38. The second kappa shape index (κ2) is 3.30. The lowest BCUT2D eigenvalue weighted by atomic mass is 10.2. The molecule has 0 saturated carbocycles. The van der Waals surface area contributed by atoms with E-state index in [0.29, 0.717) is 5.69 Å². The minimum Gasteiger partial charge on any atom is -0.386 e. The van der Waals surface area contributed by atoms with Gasteiger partial charge in [0.15, 0.2) is 0 Å². The number of H-pyrrole nitrogens is 1. The monoisotopic (exact) mass is 213 g/mol. The van der Waals surface area contributed by atoms with Gasteiger partial charge in [-0.1, -0.05) is 24.3 Å². The highest BCUT2D eigenvalue weighted by atomic mass is 16.4. The molecule has 0 aliphatic carbocycles. The van der Waals surface area contributed by atoms with Crippen molar-refractivity contribution in [3.8, 4) is 11.6 Å². The molecule has 78 valence electrons. The Labute approximate surface area is 89.8 Å². The number of fused-ring (bicyclic) bond motifs is 1. The Hall–Kier alpha value is -2.43. The van der Waals surface area contributed by atoms with Gasteiger partial charge in [0.05, 0.1) is 5.52 Å². The van der Waals surface area contributed by atoms with Crippen molar-refractivity contribution in [1.82, 2.24) is 15.2 Å². The number of aromatic nitrogens is 3. The van der Waals surface area contributed by atoms with Crippen LogP contribution in [0.25, 0.3) is 22.5 Å². The summed E-state index contributed by atoms with van der Waals surface area (Å²) in [5.74, 6) is -0.374. The largest absolute Gasteiger partial charge is 0.434 e. The van der Waals surface area contributed by atoms with Crippen molar-refractivity contribution in [2.24, 2.45) is 0 Å². The van der Waals surface area contributed by atoms with Gasteiger partial charge >= 0.3 is 5.76 Å². The molecule has 0 bridgehead atoms. The van der Waals surface area contributed by atoms with Crippen LogP contribution in [0, 0.1) is 0 Å². The quantitative estimate of drug-likeness (QED) is 0.666. The second-order valence-electron chi connectivity index (χ2n) is 3.31. The summed E-state index contributed by atoms with van der Waals surface area (Å²) >= 11 is 0. The molecule has 0 aliphatic heterocycles. The number of benzene rings is 1. The first-order chi connectivity index (χ1) is 7.83. The Bertz CT molecular complexity index is 699. The summed E-state index contributed by atoms with van der Waals surface area (Å²) in [6, 6.07) is 11.4. The molecular weight excluding hydrogens is 206 g/mol. The van der Waals surface area contributed by atoms with Crippen LogP contribution in [-0.4, -0.2) is 15.2 Å². The SMILES string of the molecule is O=c1[nH]nc(-c2ccc3ccccc3n2)o1. The van der Waals surface area contributed by atoms with Gasteiger partial charge in [-0.15, -0.1) is 5.10 Å². The predicted octanol–water partition coefficient (Wildman–Crippen LogP) is 1.58. The van der Waals surface area contributed by atoms with Crippen LogP contribution in [0.1, 0.15) is 0 Å². The standard InChI is InChI=1S/C11H7N3O2/c15-11-14-13-10(16-11)9-6-5-7-3-1-2-4-8(7)12-9/h1-6H,(H,14,15). The van der Waals surface area contributed by atoms with E-state index in [1.54, 1.807) is 6.07 Å². The second-order valence-corrected chi connectivity index (χ2v) is 3.31. The minimum absolute atomic E-state index is 0.204. The summed E-state index contributed by atoms with van der Waals surface area (Å²) in [5, 5.41) is 6.96. The zero-order valence-electron chi connectivity index (χ0n) is 8.18. The first-order valence-corrected chi connectivity index (χ1v) is 4.74. The highest BCUT2D eigenvalue weighted by molar-refractivity contribution is 5.80. The van der Waals surface area contributed by atoms with Crippen LogP contribution in [-0.2, 0) is 0 Å². The molecular formula is C11H7N3O2. The fourth-order valence-electron chi connectivity index (χ4n) is 1.52. The maximum Gasteiger partial charge on any atom is 0.434 e. The van der Waals surface area contributed by atoms with Crippen molar-refractivity contribution < 1.29 is 4.42 Å². The first-order valence-electron chi connectivity index (χ1n) is 4.74. The molecule has 0 atom stereocenters. The lowest BCUT2D eigenvalue weighted by molar-refractivity contribution is 0.525. The Morgan fingerprint density at radius 3 is 2.81 bits per heavy atom. The van der Waals surface area contributed by atoms with Crippen LogP contribution in [0.4, 0.5) is 0 Å². The van der Waals surface area contributed by atoms with Crippen molar-refractivity contribution in [2.45, 2.75) is 0 Å². The molecule has 3 rings (SSSR count). The molecule has 0 unspecified atom stereocenters. The lowest BCUT2D eigenvalue weighted by Gasteiger charge is -1.97. The molecule has 3 aromatic rings. The van der Waals surface area contributed by atoms with E-state index in [-0.39, 0.29) is 5.89 Å². The van der Waals surface area contributed by atoms with Crippen LogP contribution in [0.2, 0.25) is 0 Å². The number of rotatable bonds is 1. The van der Waals surface area contributed by atoms with Crippen LogP contribution < -0.4 is 5.76 Å². The molecule has 1 N–H and O–H groups in total. The van der Waals surface area contributed by atoms with Gasteiger partial charge in [-0.3, -0.25) is 0 Å². The molecule has 0 fully saturated rings. The summed E-state index contributed by atoms with van der Waals surface area (Å²) in [4.78, 5) is 15.2. The van der Waals surface area contributed by atoms with Crippen LogP contribution in [0.3, 0.4) is 0 Å². The molecule has 0 aliphatic rings. The molecule has 0 spiro atoms. The fourth-order valence-corrected chi connectivity index (χ4v) is 1.52. The average molecular weight is 213 g/mol. The van der Waals surface area contributed by atoms with Crippen LogP contribution in [0.5, 0.6) is 0 Å². The lowest BCUT2D eigenvalue weighted by Crippen LogP contribution is -1.93. The highest BCUT2D eigenvalue weighted by Gasteiger charge is 2.06. The van der Waals surface area contributed by atoms with E-state index in [9.17, 15) is 4.79 Å². The molecule has 1 aromatic carbocycles. The Kier molecular flexibility index (Phi) is 1.83. The average Bonchev–Trinajstić information content (AvgIpc) is 2.75. The van der Waals surface area contributed by atoms with E-state index in [1.165, 1.54) is 0 Å². The number of hydrogen-bond acceptors (Lipinski definition) is 4. The predicted molar refractivity (Wildman–Crippen MR) is 57.9 cm³/mol. The highest BCUT2D eigenvalue weighted by Crippen LogP contribution is 2.17. The van der Waals surface area contributed by atoms with Crippen molar-refractivity contribution in [3.05, 3.63) is 46.9 Å². The van der Waals surface area contributed by atoms with Crippen molar-refractivity contribution in [3.63, 3.8) is 0 Å². The number of hydrogen-bond donors (Lipinski definition) is 1. The summed E-state index contributed by atoms with van der Waals surface area (Å²) in [7, 11) is 0. The minimum atomic E-state index is -0.579. The van der Waals surface area contributed by atoms with Crippen LogP contribution in [0.15, 0.2) is 45.6 Å². The number of nitrogens with zero attached hydrogens (tertiary/aromatic N) is 2. The van der Waals surface area contributed by atoms with Gasteiger partial charge < -0.3 is 4.42 Å². The van der Waals surface area contributed by atoms with E-state index in [4.69, 9.17) is 4.42 Å². The summed E-state index contributed by atoms with van der Waals surface area (Å²) in [6.07, 6.45) is 0. The van der Waals surface area contributed by atoms with E-state index < -0.39 is 5.76 Å². The van der Waals surface area contributed by atoms with E-state index in [0.717, 1.165) is 10.9 Å². The van der Waals surface area contributed by atoms with Gasteiger partial charge in [-0.05, 0) is 12.1 Å². The van der Waals surface area contributed by atoms with Crippen LogP contribution >= 0.6 is 0 Å². The molecule has 2 heterocycles. The normalized spacial score (nSPS) is 10.8. The molecule has 16 heavy (non-hydrogen) atoms. The summed E-state index contributed by atoms with van der Waals surface area (Å²) in [6.45, 7) is 0. The van der Waals surface area contributed by atoms with E-state index >= 15 is 0 Å². The molecule has 0 radical (unpaired) electrons. The number of pyridine rings is 1. The van der Waals surface area contributed by atoms with Gasteiger partial charge in [-0.25, -0.2) is 14.9 Å². The molecule has 0 amide bonds. The topological polar surface area (TPSA) is 71.8 Å². The third-order valence-electron chi connectivity index (χ3n) is 2.26. The summed E-state index contributed by atoms with van der Waals surface area (Å²) in [5.41, 5.74) is 1.38. The number of aromatic amines is 1. The Balaban J connectivity index is 2.22. The Morgan fingerprint density at radius 1 is 1.12 bits per heavy atom. The van der Waals surface area contributed by atoms with E-state index in [2.05, 4.69) is 15.2 Å². The van der Waals surface area contributed by atoms with Crippen molar-refractivity contribution >= 4 is 10.9 Å². The van der Waals surface area contributed by atoms with Gasteiger partial charge in [0.25, 0.3) is 5.89 Å². The smallest absolute Gasteiger partial charge is 0.386 e. The van der Waals surface area contributed by atoms with Gasteiger partial charge in [-0.2, -0.15) is 0 Å². The molecule has 0 saturated heterocycles. The third-order valence-corrected chi connectivity index (χ3v) is 2.26. The van der Waals surface area contributed by atoms with Gasteiger partial charge in [0, 0.05) is 5.39 Å². The number of nitrogens with one attached hydrogen (secondary N) is 1. The first kappa shape index (κ1) is 8.84. The molecule has 5 heteroatoms. The number of para-hydroxylation sites is 1. The van der Waals surface area contributed by atoms with Crippen molar-refractivity contribution in [1.29, 1.82) is 0 Å².